The average molecular weight is 268 g/mol. The fraction of sp³-hybridized carbons (Fsp3) is 0.312. The summed E-state index contributed by atoms with van der Waals surface area (Å²) in [5.74, 6) is 0. The van der Waals surface area contributed by atoms with E-state index in [2.05, 4.69) is 51.8 Å². The zero-order valence-electron chi connectivity index (χ0n) is 12.0. The summed E-state index contributed by atoms with van der Waals surface area (Å²) >= 11 is 0. The maximum Gasteiger partial charge on any atom is 0.0535 e. The van der Waals surface area contributed by atoms with Crippen molar-refractivity contribution >= 4 is 10.9 Å². The largest absolute Gasteiger partial charge is 0.361 e. The Balaban J connectivity index is 1.59. The van der Waals surface area contributed by atoms with Crippen LogP contribution in [0.4, 0.5) is 0 Å². The summed E-state index contributed by atoms with van der Waals surface area (Å²) in [4.78, 5) is 3.35. The molecule has 0 unspecified atom stereocenters. The predicted octanol–water partition coefficient (Wildman–Crippen LogP) is 2.84. The van der Waals surface area contributed by atoms with Gasteiger partial charge in [0.15, 0.2) is 0 Å². The van der Waals surface area contributed by atoms with Crippen LogP contribution in [0.2, 0.25) is 0 Å². The number of aryl methyl sites for hydroxylation is 2. The van der Waals surface area contributed by atoms with Crippen LogP contribution < -0.4 is 5.32 Å². The molecule has 0 aliphatic rings. The first-order valence-corrected chi connectivity index (χ1v) is 7.00. The van der Waals surface area contributed by atoms with Gasteiger partial charge in [0.05, 0.1) is 6.20 Å². The monoisotopic (exact) mass is 268 g/mol. The normalized spacial score (nSPS) is 11.3. The number of rotatable bonds is 5. The third-order valence-electron chi connectivity index (χ3n) is 3.74. The second-order valence-corrected chi connectivity index (χ2v) is 5.31. The number of nitrogens with one attached hydrogen (secondary N) is 3. The summed E-state index contributed by atoms with van der Waals surface area (Å²) in [7, 11) is 0. The van der Waals surface area contributed by atoms with E-state index in [0.717, 1.165) is 25.2 Å². The number of fused-ring (bicyclic) bond motifs is 1. The lowest BCUT2D eigenvalue weighted by atomic mass is 10.1. The van der Waals surface area contributed by atoms with E-state index < -0.39 is 0 Å². The topological polar surface area (TPSA) is 56.5 Å². The lowest BCUT2D eigenvalue weighted by Gasteiger charge is -2.03. The highest BCUT2D eigenvalue weighted by atomic mass is 15.1. The van der Waals surface area contributed by atoms with Gasteiger partial charge in [-0.2, -0.15) is 5.10 Å². The maximum absolute atomic E-state index is 4.03. The fourth-order valence-corrected chi connectivity index (χ4v) is 2.51. The van der Waals surface area contributed by atoms with Crippen LogP contribution in [0.5, 0.6) is 0 Å². The van der Waals surface area contributed by atoms with Gasteiger partial charge in [-0.25, -0.2) is 0 Å². The van der Waals surface area contributed by atoms with Gasteiger partial charge in [-0.15, -0.1) is 0 Å². The quantitative estimate of drug-likeness (QED) is 0.623. The lowest BCUT2D eigenvalue weighted by molar-refractivity contribution is 0.686. The van der Waals surface area contributed by atoms with E-state index in [1.807, 2.05) is 13.1 Å². The summed E-state index contributed by atoms with van der Waals surface area (Å²) in [5, 5.41) is 11.8. The molecule has 0 radical (unpaired) electrons. The van der Waals surface area contributed by atoms with Crippen molar-refractivity contribution in [1.82, 2.24) is 20.5 Å². The van der Waals surface area contributed by atoms with Crippen molar-refractivity contribution in [2.24, 2.45) is 0 Å². The van der Waals surface area contributed by atoms with Crippen LogP contribution >= 0.6 is 0 Å². The molecule has 3 N–H and O–H groups in total. The highest BCUT2D eigenvalue weighted by Gasteiger charge is 2.04. The van der Waals surface area contributed by atoms with Crippen molar-refractivity contribution in [3.05, 3.63) is 53.0 Å². The molecule has 0 saturated carbocycles. The highest BCUT2D eigenvalue weighted by molar-refractivity contribution is 5.83. The molecule has 2 aromatic heterocycles. The summed E-state index contributed by atoms with van der Waals surface area (Å²) in [6, 6.07) is 6.57. The van der Waals surface area contributed by atoms with Crippen molar-refractivity contribution in [3.8, 4) is 0 Å². The maximum atomic E-state index is 4.03. The van der Waals surface area contributed by atoms with Gasteiger partial charge in [0.25, 0.3) is 0 Å². The first-order chi connectivity index (χ1) is 9.74. The second kappa shape index (κ2) is 5.51. The second-order valence-electron chi connectivity index (χ2n) is 5.31. The van der Waals surface area contributed by atoms with Crippen molar-refractivity contribution in [3.63, 3.8) is 0 Å². The molecule has 0 atom stereocenters. The first kappa shape index (κ1) is 12.9. The number of H-pyrrole nitrogens is 2. The Bertz CT molecular complexity index is 708. The molecule has 0 fully saturated rings. The molecule has 0 aliphatic heterocycles. The minimum Gasteiger partial charge on any atom is -0.361 e. The van der Waals surface area contributed by atoms with E-state index in [-0.39, 0.29) is 0 Å². The molecular formula is C16H20N4. The molecule has 4 nitrogen and oxygen atoms in total. The number of benzene rings is 1. The third-order valence-corrected chi connectivity index (χ3v) is 3.74. The Morgan fingerprint density at radius 1 is 1.20 bits per heavy atom. The molecular weight excluding hydrogens is 248 g/mol. The molecule has 3 aromatic rings. The Kier molecular flexibility index (Phi) is 3.56. The van der Waals surface area contributed by atoms with Gasteiger partial charge < -0.3 is 10.3 Å². The highest BCUT2D eigenvalue weighted by Crippen LogP contribution is 2.19. The molecule has 3 rings (SSSR count). The van der Waals surface area contributed by atoms with Crippen molar-refractivity contribution in [1.29, 1.82) is 0 Å². The SMILES string of the molecule is Cc1ccc2c(CCNCc3cn[nH]c3C)c[nH]c2c1. The summed E-state index contributed by atoms with van der Waals surface area (Å²) in [6.45, 7) is 6.00. The number of hydrogen-bond donors (Lipinski definition) is 3. The van der Waals surface area contributed by atoms with E-state index >= 15 is 0 Å². The van der Waals surface area contributed by atoms with Crippen molar-refractivity contribution < 1.29 is 0 Å². The number of hydrogen-bond acceptors (Lipinski definition) is 2. The van der Waals surface area contributed by atoms with Crippen molar-refractivity contribution in [2.45, 2.75) is 26.8 Å². The molecule has 0 saturated heterocycles. The van der Waals surface area contributed by atoms with Gasteiger partial charge in [0, 0.05) is 34.9 Å². The molecule has 104 valence electrons. The first-order valence-electron chi connectivity index (χ1n) is 7.00. The van der Waals surface area contributed by atoms with Gasteiger partial charge in [-0.3, -0.25) is 5.10 Å². The standard InChI is InChI=1S/C16H20N4/c1-11-3-4-15-13(9-18-16(15)7-11)5-6-17-8-14-10-19-20-12(14)2/h3-4,7,9-10,17-18H,5-6,8H2,1-2H3,(H,19,20). The zero-order chi connectivity index (χ0) is 13.9. The van der Waals surface area contributed by atoms with Crippen LogP contribution in [0.15, 0.2) is 30.6 Å². The molecule has 0 bridgehead atoms. The molecule has 2 heterocycles. The van der Waals surface area contributed by atoms with Gasteiger partial charge >= 0.3 is 0 Å². The summed E-state index contributed by atoms with van der Waals surface area (Å²) < 4.78 is 0. The van der Waals surface area contributed by atoms with Crippen LogP contribution in [0.3, 0.4) is 0 Å². The molecule has 0 aliphatic carbocycles. The van der Waals surface area contributed by atoms with Crippen LogP contribution in [0, 0.1) is 13.8 Å². The van der Waals surface area contributed by atoms with E-state index in [1.165, 1.54) is 27.6 Å². The Hall–Kier alpha value is -2.07. The smallest absolute Gasteiger partial charge is 0.0535 e. The number of aromatic amines is 2. The van der Waals surface area contributed by atoms with Crippen LogP contribution in [0.25, 0.3) is 10.9 Å². The van der Waals surface area contributed by atoms with E-state index in [9.17, 15) is 0 Å². The van der Waals surface area contributed by atoms with Gasteiger partial charge in [-0.05, 0) is 44.0 Å². The third kappa shape index (κ3) is 2.60. The predicted molar refractivity (Wildman–Crippen MR) is 81.8 cm³/mol. The minimum absolute atomic E-state index is 0.865. The summed E-state index contributed by atoms with van der Waals surface area (Å²) in [6.07, 6.45) is 5.03. The van der Waals surface area contributed by atoms with Crippen LogP contribution in [-0.4, -0.2) is 21.7 Å². The lowest BCUT2D eigenvalue weighted by Crippen LogP contribution is -2.16. The van der Waals surface area contributed by atoms with Gasteiger partial charge in [0.1, 0.15) is 0 Å². The molecule has 20 heavy (non-hydrogen) atoms. The van der Waals surface area contributed by atoms with Crippen LogP contribution in [-0.2, 0) is 13.0 Å². The van der Waals surface area contributed by atoms with Gasteiger partial charge in [-0.1, -0.05) is 12.1 Å². The van der Waals surface area contributed by atoms with Gasteiger partial charge in [0.2, 0.25) is 0 Å². The average Bonchev–Trinajstić information content (AvgIpc) is 3.01. The molecule has 0 amide bonds. The van der Waals surface area contributed by atoms with Crippen molar-refractivity contribution in [2.75, 3.05) is 6.54 Å². The zero-order valence-corrected chi connectivity index (χ0v) is 12.0. The summed E-state index contributed by atoms with van der Waals surface area (Å²) in [5.41, 5.74) is 6.26. The molecule has 0 spiro atoms. The Morgan fingerprint density at radius 2 is 2.10 bits per heavy atom. The Morgan fingerprint density at radius 3 is 2.90 bits per heavy atom. The molecule has 4 heteroatoms. The number of nitrogens with zero attached hydrogens (tertiary/aromatic N) is 1. The number of aromatic nitrogens is 3. The fourth-order valence-electron chi connectivity index (χ4n) is 2.51. The minimum atomic E-state index is 0.865. The van der Waals surface area contributed by atoms with E-state index in [4.69, 9.17) is 0 Å². The van der Waals surface area contributed by atoms with E-state index in [1.54, 1.807) is 0 Å². The molecule has 1 aromatic carbocycles. The van der Waals surface area contributed by atoms with E-state index in [0.29, 0.717) is 0 Å². The Labute approximate surface area is 118 Å². The van der Waals surface area contributed by atoms with Crippen LogP contribution in [0.1, 0.15) is 22.4 Å².